The van der Waals surface area contributed by atoms with E-state index in [4.69, 9.17) is 19.3 Å². The molecule has 1 aliphatic rings. The lowest BCUT2D eigenvalue weighted by atomic mass is 9.95. The van der Waals surface area contributed by atoms with Gasteiger partial charge in [-0.3, -0.25) is 0 Å². The highest BCUT2D eigenvalue weighted by molar-refractivity contribution is 9.10. The van der Waals surface area contributed by atoms with Gasteiger partial charge in [-0.2, -0.15) is 4.98 Å². The van der Waals surface area contributed by atoms with Gasteiger partial charge >= 0.3 is 5.97 Å². The van der Waals surface area contributed by atoms with Gasteiger partial charge in [0.05, 0.1) is 23.3 Å². The largest absolute Gasteiger partial charge is 0.490 e. The molecule has 0 amide bonds. The van der Waals surface area contributed by atoms with Crippen LogP contribution in [-0.2, 0) is 16.1 Å². The molecule has 38 heavy (non-hydrogen) atoms. The zero-order valence-corrected chi connectivity index (χ0v) is 24.5. The fraction of sp³-hybridized carbons (Fsp3) is 0.393. The van der Waals surface area contributed by atoms with E-state index in [0.717, 1.165) is 29.7 Å². The molecule has 4 rings (SSSR count). The van der Waals surface area contributed by atoms with E-state index in [-0.39, 0.29) is 5.97 Å². The molecule has 1 aliphatic heterocycles. The Labute approximate surface area is 236 Å². The molecule has 1 N–H and O–H groups in total. The van der Waals surface area contributed by atoms with Crippen molar-refractivity contribution in [2.75, 3.05) is 24.3 Å². The summed E-state index contributed by atoms with van der Waals surface area (Å²) in [7, 11) is 0. The van der Waals surface area contributed by atoms with Crippen LogP contribution >= 0.6 is 27.7 Å². The molecular weight excluding hydrogens is 568 g/mol. The maximum Gasteiger partial charge on any atom is 0.338 e. The van der Waals surface area contributed by atoms with E-state index in [1.54, 1.807) is 16.4 Å². The van der Waals surface area contributed by atoms with Gasteiger partial charge in [-0.1, -0.05) is 62.4 Å². The number of anilines is 1. The summed E-state index contributed by atoms with van der Waals surface area (Å²) in [5.41, 5.74) is 3.02. The van der Waals surface area contributed by atoms with Crippen LogP contribution in [0, 0.1) is 0 Å². The minimum atomic E-state index is -0.558. The predicted molar refractivity (Wildman–Crippen MR) is 153 cm³/mol. The van der Waals surface area contributed by atoms with Crippen LogP contribution < -0.4 is 14.8 Å². The summed E-state index contributed by atoms with van der Waals surface area (Å²) in [6.07, 6.45) is 1.74. The Kier molecular flexibility index (Phi) is 9.74. The van der Waals surface area contributed by atoms with Crippen LogP contribution in [0.1, 0.15) is 57.7 Å². The third-order valence-corrected chi connectivity index (χ3v) is 7.24. The Bertz CT molecular complexity index is 1300. The minimum absolute atomic E-state index is 0.361. The van der Waals surface area contributed by atoms with Crippen molar-refractivity contribution < 1.29 is 19.0 Å². The lowest BCUT2D eigenvalue weighted by Crippen LogP contribution is -2.30. The van der Waals surface area contributed by atoms with Crippen molar-refractivity contribution in [1.29, 1.82) is 0 Å². The van der Waals surface area contributed by atoms with Gasteiger partial charge < -0.3 is 19.5 Å². The van der Waals surface area contributed by atoms with Crippen LogP contribution in [0.4, 0.5) is 5.95 Å². The Morgan fingerprint density at radius 2 is 1.95 bits per heavy atom. The van der Waals surface area contributed by atoms with Gasteiger partial charge in [-0.15, -0.1) is 5.10 Å². The summed E-state index contributed by atoms with van der Waals surface area (Å²) >= 11 is 5.24. The highest BCUT2D eigenvalue weighted by atomic mass is 79.9. The first kappa shape index (κ1) is 28.0. The molecule has 10 heteroatoms. The van der Waals surface area contributed by atoms with Crippen LogP contribution in [0.2, 0.25) is 0 Å². The molecule has 0 bridgehead atoms. The minimum Gasteiger partial charge on any atom is -0.490 e. The molecule has 2 aromatic carbocycles. The van der Waals surface area contributed by atoms with E-state index in [1.165, 1.54) is 0 Å². The van der Waals surface area contributed by atoms with E-state index in [2.05, 4.69) is 40.1 Å². The van der Waals surface area contributed by atoms with Gasteiger partial charge in [-0.25, -0.2) is 9.48 Å². The Morgan fingerprint density at radius 3 is 2.66 bits per heavy atom. The second-order valence-electron chi connectivity index (χ2n) is 8.69. The van der Waals surface area contributed by atoms with E-state index in [1.807, 2.05) is 56.3 Å². The van der Waals surface area contributed by atoms with Crippen molar-refractivity contribution in [2.24, 2.45) is 0 Å². The van der Waals surface area contributed by atoms with Crippen LogP contribution in [0.15, 0.2) is 63.4 Å². The van der Waals surface area contributed by atoms with Crippen molar-refractivity contribution in [3.8, 4) is 11.5 Å². The third kappa shape index (κ3) is 6.35. The monoisotopic (exact) mass is 600 g/mol. The number of carbonyl (C=O) groups excluding carboxylic acids is 1. The number of rotatable bonds is 12. The summed E-state index contributed by atoms with van der Waals surface area (Å²) in [5.74, 6) is 2.21. The van der Waals surface area contributed by atoms with Crippen LogP contribution in [0.25, 0.3) is 0 Å². The Balaban J connectivity index is 1.76. The molecule has 1 aromatic heterocycles. The molecular formula is C28H33BrN4O4S. The number of nitrogens with one attached hydrogen (secondary N) is 1. The van der Waals surface area contributed by atoms with Crippen LogP contribution in [0.3, 0.4) is 0 Å². The van der Waals surface area contributed by atoms with Crippen LogP contribution in [0.5, 0.6) is 11.5 Å². The summed E-state index contributed by atoms with van der Waals surface area (Å²) in [6, 6.07) is 13.3. The number of fused-ring (bicyclic) bond motifs is 1. The fourth-order valence-corrected chi connectivity index (χ4v) is 5.29. The number of hydrogen-bond acceptors (Lipinski definition) is 8. The number of unbranched alkanes of at least 4 members (excludes halogenated alkanes) is 1. The van der Waals surface area contributed by atoms with E-state index in [0.29, 0.717) is 58.2 Å². The number of ether oxygens (including phenoxy) is 3. The van der Waals surface area contributed by atoms with Gasteiger partial charge in [0.15, 0.2) is 11.5 Å². The van der Waals surface area contributed by atoms with Crippen molar-refractivity contribution in [1.82, 2.24) is 14.8 Å². The standard InChI is InChI=1S/C28H33BrN4O4S/c1-5-8-14-36-26(34)23-18(4)30-27-31-28(38-7-3)32-33(27)24(23)20-15-21(29)25(22(16-20)35-6-2)37-17-19-12-10-9-11-13-19/h9-13,15-16,24H,5-8,14,17H2,1-4H3,(H,30,31,32). The quantitative estimate of drug-likeness (QED) is 0.138. The van der Waals surface area contributed by atoms with E-state index in [9.17, 15) is 4.79 Å². The molecule has 3 aromatic rings. The maximum absolute atomic E-state index is 13.4. The lowest BCUT2D eigenvalue weighted by Gasteiger charge is -2.29. The van der Waals surface area contributed by atoms with Crippen molar-refractivity contribution >= 4 is 39.6 Å². The number of carbonyl (C=O) groups is 1. The summed E-state index contributed by atoms with van der Waals surface area (Å²) in [6.45, 7) is 9.11. The first-order valence-electron chi connectivity index (χ1n) is 12.8. The average molecular weight is 602 g/mol. The van der Waals surface area contributed by atoms with Gasteiger partial charge in [0, 0.05) is 5.70 Å². The number of nitrogens with zero attached hydrogens (tertiary/aromatic N) is 3. The number of benzene rings is 2. The zero-order chi connectivity index (χ0) is 27.1. The highest BCUT2D eigenvalue weighted by Gasteiger charge is 2.36. The number of hydrogen-bond donors (Lipinski definition) is 1. The molecule has 8 nitrogen and oxygen atoms in total. The van der Waals surface area contributed by atoms with Gasteiger partial charge in [0.1, 0.15) is 12.6 Å². The highest BCUT2D eigenvalue weighted by Crippen LogP contribution is 2.43. The molecule has 0 saturated heterocycles. The number of esters is 1. The Morgan fingerprint density at radius 1 is 1.16 bits per heavy atom. The molecule has 0 fully saturated rings. The fourth-order valence-electron chi connectivity index (χ4n) is 4.16. The van der Waals surface area contributed by atoms with Gasteiger partial charge in [-0.05, 0) is 65.2 Å². The normalized spacial score (nSPS) is 14.6. The molecule has 1 unspecified atom stereocenters. The molecule has 0 spiro atoms. The number of aromatic nitrogens is 3. The average Bonchev–Trinajstić information content (AvgIpc) is 3.30. The first-order valence-corrected chi connectivity index (χ1v) is 14.6. The van der Waals surface area contributed by atoms with Gasteiger partial charge in [0.2, 0.25) is 11.1 Å². The topological polar surface area (TPSA) is 87.5 Å². The SMILES string of the molecule is CCCCOC(=O)C1=C(C)Nc2nc(SCC)nn2C1c1cc(Br)c(OCc2ccccc2)c(OCC)c1. The molecule has 0 radical (unpaired) electrons. The number of allylic oxidation sites excluding steroid dienone is 1. The molecule has 202 valence electrons. The Hall–Kier alpha value is -2.98. The summed E-state index contributed by atoms with van der Waals surface area (Å²) in [4.78, 5) is 18.0. The van der Waals surface area contributed by atoms with Crippen LogP contribution in [-0.4, -0.2) is 39.7 Å². The van der Waals surface area contributed by atoms with Crippen molar-refractivity contribution in [3.63, 3.8) is 0 Å². The predicted octanol–water partition coefficient (Wildman–Crippen LogP) is 6.76. The molecule has 0 saturated carbocycles. The maximum atomic E-state index is 13.4. The molecule has 1 atom stereocenters. The second kappa shape index (κ2) is 13.2. The van der Waals surface area contributed by atoms with Gasteiger partial charge in [0.25, 0.3) is 0 Å². The zero-order valence-electron chi connectivity index (χ0n) is 22.1. The van der Waals surface area contributed by atoms with E-state index < -0.39 is 6.04 Å². The lowest BCUT2D eigenvalue weighted by molar-refractivity contribution is -0.139. The van der Waals surface area contributed by atoms with E-state index >= 15 is 0 Å². The first-order chi connectivity index (χ1) is 18.5. The summed E-state index contributed by atoms with van der Waals surface area (Å²) < 4.78 is 20.3. The number of halogens is 1. The molecule has 2 heterocycles. The summed E-state index contributed by atoms with van der Waals surface area (Å²) in [5, 5.41) is 8.63. The number of thioether (sulfide) groups is 1. The molecule has 0 aliphatic carbocycles. The third-order valence-electron chi connectivity index (χ3n) is 5.93. The smallest absolute Gasteiger partial charge is 0.338 e. The second-order valence-corrected chi connectivity index (χ2v) is 10.8. The van der Waals surface area contributed by atoms with Crippen molar-refractivity contribution in [3.05, 3.63) is 69.3 Å². The van der Waals surface area contributed by atoms with Crippen molar-refractivity contribution in [2.45, 2.75) is 58.3 Å².